The zero-order chi connectivity index (χ0) is 20.9. The monoisotopic (exact) mass is 419 g/mol. The summed E-state index contributed by atoms with van der Waals surface area (Å²) in [5, 5.41) is 6.25. The molecule has 0 aliphatic rings. The average Bonchev–Trinajstić information content (AvgIpc) is 3.10. The Morgan fingerprint density at radius 1 is 1.10 bits per heavy atom. The molecule has 0 aliphatic heterocycles. The molecule has 0 saturated heterocycles. The Bertz CT molecular complexity index is 1050. The molecule has 29 heavy (non-hydrogen) atoms. The van der Waals surface area contributed by atoms with E-state index in [1.165, 1.54) is 17.4 Å². The SMILES string of the molecule is CCN=c1scc(-c2cccc(C(F)(F)F)c2)n1/N=C/c1ccc(OCC)cc1. The molecule has 0 unspecified atom stereocenters. The van der Waals surface area contributed by atoms with E-state index in [1.807, 2.05) is 38.1 Å². The van der Waals surface area contributed by atoms with Crippen molar-refractivity contribution in [3.63, 3.8) is 0 Å². The van der Waals surface area contributed by atoms with Crippen LogP contribution in [0.15, 0.2) is 64.0 Å². The van der Waals surface area contributed by atoms with E-state index < -0.39 is 11.7 Å². The highest BCUT2D eigenvalue weighted by molar-refractivity contribution is 7.07. The van der Waals surface area contributed by atoms with E-state index in [0.29, 0.717) is 29.2 Å². The Morgan fingerprint density at radius 2 is 1.86 bits per heavy atom. The lowest BCUT2D eigenvalue weighted by Gasteiger charge is -2.09. The number of halogens is 3. The first-order valence-electron chi connectivity index (χ1n) is 9.08. The van der Waals surface area contributed by atoms with Gasteiger partial charge in [0.15, 0.2) is 0 Å². The molecule has 1 aromatic heterocycles. The number of hydrogen-bond donors (Lipinski definition) is 0. The van der Waals surface area contributed by atoms with E-state index in [9.17, 15) is 13.2 Å². The Labute approximate surface area is 170 Å². The van der Waals surface area contributed by atoms with Crippen LogP contribution in [-0.2, 0) is 6.18 Å². The van der Waals surface area contributed by atoms with Gasteiger partial charge < -0.3 is 4.74 Å². The Hall–Kier alpha value is -2.87. The van der Waals surface area contributed by atoms with Gasteiger partial charge >= 0.3 is 6.18 Å². The van der Waals surface area contributed by atoms with Crippen LogP contribution in [0.4, 0.5) is 13.2 Å². The molecule has 0 amide bonds. The minimum absolute atomic E-state index is 0.428. The third kappa shape index (κ3) is 5.14. The van der Waals surface area contributed by atoms with E-state index in [2.05, 4.69) is 10.1 Å². The van der Waals surface area contributed by atoms with Gasteiger partial charge in [-0.25, -0.2) is 4.68 Å². The first-order chi connectivity index (χ1) is 13.9. The third-order valence-corrected chi connectivity index (χ3v) is 4.83. The van der Waals surface area contributed by atoms with Crippen LogP contribution in [-0.4, -0.2) is 24.0 Å². The van der Waals surface area contributed by atoms with Crippen molar-refractivity contribution < 1.29 is 17.9 Å². The maximum Gasteiger partial charge on any atom is 0.416 e. The Kier molecular flexibility index (Phi) is 6.53. The lowest BCUT2D eigenvalue weighted by Crippen LogP contribution is -2.12. The summed E-state index contributed by atoms with van der Waals surface area (Å²) >= 11 is 1.33. The summed E-state index contributed by atoms with van der Waals surface area (Å²) in [5.41, 5.74) is 1.12. The molecule has 152 valence electrons. The van der Waals surface area contributed by atoms with Crippen molar-refractivity contribution in [1.82, 2.24) is 4.68 Å². The van der Waals surface area contributed by atoms with E-state index in [-0.39, 0.29) is 0 Å². The lowest BCUT2D eigenvalue weighted by atomic mass is 10.1. The molecular formula is C21H20F3N3OS. The fourth-order valence-electron chi connectivity index (χ4n) is 2.65. The lowest BCUT2D eigenvalue weighted by molar-refractivity contribution is -0.137. The molecule has 8 heteroatoms. The van der Waals surface area contributed by atoms with Crippen molar-refractivity contribution in [1.29, 1.82) is 0 Å². The summed E-state index contributed by atoms with van der Waals surface area (Å²) in [6.07, 6.45) is -2.76. The minimum Gasteiger partial charge on any atom is -0.494 e. The quantitative estimate of drug-likeness (QED) is 0.491. The van der Waals surface area contributed by atoms with Crippen LogP contribution in [0.1, 0.15) is 25.0 Å². The van der Waals surface area contributed by atoms with Crippen LogP contribution in [0.3, 0.4) is 0 Å². The van der Waals surface area contributed by atoms with E-state index in [0.717, 1.165) is 23.4 Å². The van der Waals surface area contributed by atoms with Crippen molar-refractivity contribution in [2.45, 2.75) is 20.0 Å². The number of ether oxygens (including phenoxy) is 1. The molecule has 0 atom stereocenters. The van der Waals surface area contributed by atoms with Gasteiger partial charge in [-0.15, -0.1) is 11.3 Å². The highest BCUT2D eigenvalue weighted by Gasteiger charge is 2.30. The van der Waals surface area contributed by atoms with Crippen LogP contribution in [0.25, 0.3) is 11.3 Å². The van der Waals surface area contributed by atoms with Crippen LogP contribution in [0.5, 0.6) is 5.75 Å². The van der Waals surface area contributed by atoms with Gasteiger partial charge in [0.25, 0.3) is 0 Å². The number of thiazole rings is 1. The number of nitrogens with zero attached hydrogens (tertiary/aromatic N) is 3. The molecule has 0 aliphatic carbocycles. The fraction of sp³-hybridized carbons (Fsp3) is 0.238. The molecule has 3 rings (SSSR count). The highest BCUT2D eigenvalue weighted by atomic mass is 32.1. The zero-order valence-corrected chi connectivity index (χ0v) is 16.8. The zero-order valence-electron chi connectivity index (χ0n) is 16.0. The minimum atomic E-state index is -4.40. The Balaban J connectivity index is 2.00. The van der Waals surface area contributed by atoms with Crippen molar-refractivity contribution in [3.8, 4) is 17.0 Å². The van der Waals surface area contributed by atoms with Crippen LogP contribution in [0.2, 0.25) is 0 Å². The third-order valence-electron chi connectivity index (χ3n) is 3.98. The largest absolute Gasteiger partial charge is 0.494 e. The van der Waals surface area contributed by atoms with Crippen LogP contribution >= 0.6 is 11.3 Å². The van der Waals surface area contributed by atoms with Crippen LogP contribution < -0.4 is 9.54 Å². The second kappa shape index (κ2) is 9.09. The van der Waals surface area contributed by atoms with Crippen molar-refractivity contribution in [2.24, 2.45) is 10.1 Å². The topological polar surface area (TPSA) is 38.9 Å². The van der Waals surface area contributed by atoms with Gasteiger partial charge in [-0.2, -0.15) is 18.3 Å². The van der Waals surface area contributed by atoms with Gasteiger partial charge in [0, 0.05) is 17.5 Å². The summed E-state index contributed by atoms with van der Waals surface area (Å²) in [4.78, 5) is 5.01. The van der Waals surface area contributed by atoms with E-state index in [4.69, 9.17) is 4.74 Å². The number of alkyl halides is 3. The number of aromatic nitrogens is 1. The smallest absolute Gasteiger partial charge is 0.416 e. The van der Waals surface area contributed by atoms with Crippen LogP contribution in [0, 0.1) is 0 Å². The first kappa shape index (κ1) is 20.9. The van der Waals surface area contributed by atoms with Gasteiger partial charge in [0.05, 0.1) is 24.1 Å². The molecule has 0 bridgehead atoms. The summed E-state index contributed by atoms with van der Waals surface area (Å²) < 4.78 is 46.3. The molecule has 2 aromatic carbocycles. The molecule has 0 fully saturated rings. The normalized spacial score (nSPS) is 12.7. The highest BCUT2D eigenvalue weighted by Crippen LogP contribution is 2.32. The summed E-state index contributed by atoms with van der Waals surface area (Å²) in [5.74, 6) is 0.763. The van der Waals surface area contributed by atoms with Crippen molar-refractivity contribution in [2.75, 3.05) is 13.2 Å². The van der Waals surface area contributed by atoms with E-state index in [1.54, 1.807) is 22.3 Å². The molecule has 1 heterocycles. The van der Waals surface area contributed by atoms with Gasteiger partial charge in [0.1, 0.15) is 5.75 Å². The second-order valence-electron chi connectivity index (χ2n) is 6.01. The summed E-state index contributed by atoms with van der Waals surface area (Å²) in [7, 11) is 0. The standard InChI is InChI=1S/C21H20F3N3OS/c1-3-25-20-27(26-13-15-8-10-18(11-9-15)28-4-2)19(14-29-20)16-6-5-7-17(12-16)21(22,23)24/h5-14H,3-4H2,1-2H3/b25-20?,26-13+. The second-order valence-corrected chi connectivity index (χ2v) is 6.85. The molecule has 0 radical (unpaired) electrons. The van der Waals surface area contributed by atoms with Crippen molar-refractivity contribution >= 4 is 17.6 Å². The molecule has 4 nitrogen and oxygen atoms in total. The molecule has 3 aromatic rings. The fourth-order valence-corrected chi connectivity index (χ4v) is 3.55. The Morgan fingerprint density at radius 3 is 2.52 bits per heavy atom. The predicted molar refractivity (Wildman–Crippen MR) is 109 cm³/mol. The van der Waals surface area contributed by atoms with Gasteiger partial charge in [-0.3, -0.25) is 4.99 Å². The van der Waals surface area contributed by atoms with Crippen molar-refractivity contribution in [3.05, 3.63) is 69.8 Å². The predicted octanol–water partition coefficient (Wildman–Crippen LogP) is 5.44. The molecule has 0 spiro atoms. The number of benzene rings is 2. The first-order valence-corrected chi connectivity index (χ1v) is 9.96. The average molecular weight is 419 g/mol. The maximum atomic E-state index is 13.1. The summed E-state index contributed by atoms with van der Waals surface area (Å²) in [6, 6.07) is 12.6. The van der Waals surface area contributed by atoms with Gasteiger partial charge in [-0.05, 0) is 55.8 Å². The molecular weight excluding hydrogens is 399 g/mol. The molecule has 0 N–H and O–H groups in total. The maximum absolute atomic E-state index is 13.1. The van der Waals surface area contributed by atoms with Gasteiger partial charge in [0.2, 0.25) is 4.80 Å². The number of hydrogen-bond acceptors (Lipinski definition) is 4. The number of rotatable bonds is 6. The van der Waals surface area contributed by atoms with E-state index >= 15 is 0 Å². The summed E-state index contributed by atoms with van der Waals surface area (Å²) in [6.45, 7) is 4.93. The molecule has 0 saturated carbocycles. The van der Waals surface area contributed by atoms with Gasteiger partial charge in [-0.1, -0.05) is 12.1 Å².